The van der Waals surface area contributed by atoms with Crippen LogP contribution in [0.15, 0.2) is 94.3 Å². The molecule has 0 unspecified atom stereocenters. The standard InChI is InChI=1S/C22H16O3/c23-22-19-12-11-18(24-14-16-7-3-1-4-8-16)13-21(19)25-15-20(22)17-9-5-2-6-10-17/h1-13,15H,14H2. The van der Waals surface area contributed by atoms with Gasteiger partial charge in [-0.2, -0.15) is 0 Å². The number of ether oxygens (including phenoxy) is 1. The largest absolute Gasteiger partial charge is 0.489 e. The molecule has 3 heteroatoms. The van der Waals surface area contributed by atoms with Gasteiger partial charge in [0.25, 0.3) is 0 Å². The summed E-state index contributed by atoms with van der Waals surface area (Å²) < 4.78 is 11.5. The molecule has 0 saturated carbocycles. The van der Waals surface area contributed by atoms with E-state index >= 15 is 0 Å². The monoisotopic (exact) mass is 328 g/mol. The second kappa shape index (κ2) is 6.65. The van der Waals surface area contributed by atoms with E-state index in [1.807, 2.05) is 60.7 Å². The first-order chi connectivity index (χ1) is 12.3. The maximum Gasteiger partial charge on any atom is 0.200 e. The molecule has 0 aliphatic carbocycles. The van der Waals surface area contributed by atoms with Crippen LogP contribution in [0.25, 0.3) is 22.1 Å². The van der Waals surface area contributed by atoms with Crippen LogP contribution in [0, 0.1) is 0 Å². The smallest absolute Gasteiger partial charge is 0.200 e. The van der Waals surface area contributed by atoms with Gasteiger partial charge in [0.2, 0.25) is 0 Å². The Morgan fingerprint density at radius 3 is 2.32 bits per heavy atom. The third-order valence-corrected chi connectivity index (χ3v) is 4.08. The van der Waals surface area contributed by atoms with E-state index < -0.39 is 0 Å². The van der Waals surface area contributed by atoms with Gasteiger partial charge < -0.3 is 9.15 Å². The highest BCUT2D eigenvalue weighted by atomic mass is 16.5. The van der Waals surface area contributed by atoms with E-state index in [4.69, 9.17) is 9.15 Å². The predicted octanol–water partition coefficient (Wildman–Crippen LogP) is 5.04. The zero-order chi connectivity index (χ0) is 17.1. The fourth-order valence-corrected chi connectivity index (χ4v) is 2.76. The molecular formula is C22H16O3. The molecule has 4 aromatic rings. The fraction of sp³-hybridized carbons (Fsp3) is 0.0455. The maximum atomic E-state index is 12.7. The molecule has 0 amide bonds. The van der Waals surface area contributed by atoms with E-state index in [0.717, 1.165) is 11.1 Å². The molecule has 0 aliphatic heterocycles. The molecule has 1 heterocycles. The molecule has 4 rings (SSSR count). The first-order valence-electron chi connectivity index (χ1n) is 8.09. The van der Waals surface area contributed by atoms with Crippen LogP contribution in [0.3, 0.4) is 0 Å². The fourth-order valence-electron chi connectivity index (χ4n) is 2.76. The lowest BCUT2D eigenvalue weighted by Gasteiger charge is -2.08. The summed E-state index contributed by atoms with van der Waals surface area (Å²) in [5.41, 5.74) is 2.98. The summed E-state index contributed by atoms with van der Waals surface area (Å²) in [7, 11) is 0. The van der Waals surface area contributed by atoms with Gasteiger partial charge in [-0.05, 0) is 23.3 Å². The molecule has 0 aliphatic rings. The first-order valence-corrected chi connectivity index (χ1v) is 8.09. The SMILES string of the molecule is O=c1c(-c2ccccc2)coc2cc(OCc3ccccc3)ccc12. The lowest BCUT2D eigenvalue weighted by molar-refractivity contribution is 0.306. The van der Waals surface area contributed by atoms with Crippen LogP contribution in [-0.2, 0) is 6.61 Å². The summed E-state index contributed by atoms with van der Waals surface area (Å²) in [6.07, 6.45) is 1.51. The van der Waals surface area contributed by atoms with Crippen LogP contribution in [0.2, 0.25) is 0 Å². The van der Waals surface area contributed by atoms with Crippen LogP contribution < -0.4 is 10.2 Å². The quantitative estimate of drug-likeness (QED) is 0.527. The van der Waals surface area contributed by atoms with Gasteiger partial charge in [-0.1, -0.05) is 60.7 Å². The summed E-state index contributed by atoms with van der Waals surface area (Å²) in [5.74, 6) is 0.673. The van der Waals surface area contributed by atoms with Crippen LogP contribution >= 0.6 is 0 Å². The Kier molecular flexibility index (Phi) is 4.05. The summed E-state index contributed by atoms with van der Waals surface area (Å²) in [6.45, 7) is 0.471. The van der Waals surface area contributed by atoms with E-state index in [9.17, 15) is 4.79 Å². The zero-order valence-electron chi connectivity index (χ0n) is 13.5. The van der Waals surface area contributed by atoms with Gasteiger partial charge in [0.05, 0.1) is 10.9 Å². The van der Waals surface area contributed by atoms with E-state index in [0.29, 0.717) is 28.9 Å². The second-order valence-corrected chi connectivity index (χ2v) is 5.78. The van der Waals surface area contributed by atoms with Crippen LogP contribution in [0.1, 0.15) is 5.56 Å². The van der Waals surface area contributed by atoms with Crippen molar-refractivity contribution in [1.82, 2.24) is 0 Å². The predicted molar refractivity (Wildman–Crippen MR) is 98.7 cm³/mol. The molecular weight excluding hydrogens is 312 g/mol. The van der Waals surface area contributed by atoms with E-state index in [1.165, 1.54) is 6.26 Å². The average Bonchev–Trinajstić information content (AvgIpc) is 2.68. The summed E-state index contributed by atoms with van der Waals surface area (Å²) in [4.78, 5) is 12.7. The minimum Gasteiger partial charge on any atom is -0.489 e. The van der Waals surface area contributed by atoms with E-state index in [-0.39, 0.29) is 5.43 Å². The molecule has 0 atom stereocenters. The van der Waals surface area contributed by atoms with Crippen molar-refractivity contribution in [2.24, 2.45) is 0 Å². The van der Waals surface area contributed by atoms with Crippen molar-refractivity contribution in [3.05, 3.63) is 101 Å². The topological polar surface area (TPSA) is 39.4 Å². The number of rotatable bonds is 4. The van der Waals surface area contributed by atoms with E-state index in [2.05, 4.69) is 0 Å². The molecule has 0 fully saturated rings. The Bertz CT molecular complexity index is 1050. The summed E-state index contributed by atoms with van der Waals surface area (Å²) >= 11 is 0. The van der Waals surface area contributed by atoms with Gasteiger partial charge in [0, 0.05) is 6.07 Å². The summed E-state index contributed by atoms with van der Waals surface area (Å²) in [6, 6.07) is 24.8. The highest BCUT2D eigenvalue weighted by molar-refractivity contribution is 5.82. The Hall–Kier alpha value is -3.33. The van der Waals surface area contributed by atoms with Crippen molar-refractivity contribution < 1.29 is 9.15 Å². The minimum atomic E-state index is -0.0398. The Labute approximate surface area is 145 Å². The van der Waals surface area contributed by atoms with Crippen LogP contribution in [0.4, 0.5) is 0 Å². The molecule has 25 heavy (non-hydrogen) atoms. The van der Waals surface area contributed by atoms with Gasteiger partial charge in [-0.25, -0.2) is 0 Å². The lowest BCUT2D eigenvalue weighted by Crippen LogP contribution is -2.05. The molecule has 3 aromatic carbocycles. The van der Waals surface area contributed by atoms with Gasteiger partial charge in [-0.15, -0.1) is 0 Å². The molecule has 0 radical (unpaired) electrons. The lowest BCUT2D eigenvalue weighted by atomic mass is 10.1. The van der Waals surface area contributed by atoms with Crippen molar-refractivity contribution in [3.8, 4) is 16.9 Å². The summed E-state index contributed by atoms with van der Waals surface area (Å²) in [5, 5.41) is 0.549. The van der Waals surface area contributed by atoms with Crippen LogP contribution in [-0.4, -0.2) is 0 Å². The normalized spacial score (nSPS) is 10.7. The molecule has 0 saturated heterocycles. The third-order valence-electron chi connectivity index (χ3n) is 4.08. The Morgan fingerprint density at radius 2 is 1.56 bits per heavy atom. The van der Waals surface area contributed by atoms with Crippen molar-refractivity contribution in [2.45, 2.75) is 6.61 Å². The van der Waals surface area contributed by atoms with Crippen molar-refractivity contribution in [1.29, 1.82) is 0 Å². The Balaban J connectivity index is 1.65. The van der Waals surface area contributed by atoms with E-state index in [1.54, 1.807) is 18.2 Å². The third kappa shape index (κ3) is 3.17. The average molecular weight is 328 g/mol. The van der Waals surface area contributed by atoms with Crippen molar-refractivity contribution >= 4 is 11.0 Å². The van der Waals surface area contributed by atoms with Gasteiger partial charge in [-0.3, -0.25) is 4.79 Å². The number of hydrogen-bond donors (Lipinski definition) is 0. The second-order valence-electron chi connectivity index (χ2n) is 5.78. The molecule has 3 nitrogen and oxygen atoms in total. The highest BCUT2D eigenvalue weighted by Crippen LogP contribution is 2.23. The minimum absolute atomic E-state index is 0.0398. The van der Waals surface area contributed by atoms with Crippen molar-refractivity contribution in [2.75, 3.05) is 0 Å². The molecule has 0 spiro atoms. The number of fused-ring (bicyclic) bond motifs is 1. The molecule has 1 aromatic heterocycles. The zero-order valence-corrected chi connectivity index (χ0v) is 13.5. The van der Waals surface area contributed by atoms with Crippen LogP contribution in [0.5, 0.6) is 5.75 Å². The molecule has 0 N–H and O–H groups in total. The van der Waals surface area contributed by atoms with Gasteiger partial charge in [0.1, 0.15) is 24.2 Å². The van der Waals surface area contributed by atoms with Gasteiger partial charge >= 0.3 is 0 Å². The number of hydrogen-bond acceptors (Lipinski definition) is 3. The highest BCUT2D eigenvalue weighted by Gasteiger charge is 2.09. The molecule has 0 bridgehead atoms. The first kappa shape index (κ1) is 15.2. The van der Waals surface area contributed by atoms with Gasteiger partial charge in [0.15, 0.2) is 5.43 Å². The van der Waals surface area contributed by atoms with Crippen molar-refractivity contribution in [3.63, 3.8) is 0 Å². The Morgan fingerprint density at radius 1 is 0.840 bits per heavy atom. The maximum absolute atomic E-state index is 12.7. The molecule has 122 valence electrons. The number of benzene rings is 3.